The average molecular weight is 645 g/mol. The quantitative estimate of drug-likeness (QED) is 0.139. The van der Waals surface area contributed by atoms with Crippen LogP contribution < -0.4 is 4.90 Å². The van der Waals surface area contributed by atoms with Crippen LogP contribution in [0.4, 0.5) is 27.8 Å². The molecule has 0 N–H and O–H groups in total. The summed E-state index contributed by atoms with van der Waals surface area (Å²) < 4.78 is 72.9. The topological polar surface area (TPSA) is 50.1 Å². The van der Waals surface area contributed by atoms with E-state index < -0.39 is 24.2 Å². The van der Waals surface area contributed by atoms with Gasteiger partial charge < -0.3 is 9.80 Å². The van der Waals surface area contributed by atoms with Gasteiger partial charge in [-0.15, -0.1) is 6.42 Å². The fraction of sp³-hybridized carbons (Fsp3) is 0.361. The fourth-order valence-electron chi connectivity index (χ4n) is 7.55. The Kier molecular flexibility index (Phi) is 7.38. The van der Waals surface area contributed by atoms with Crippen molar-refractivity contribution in [1.82, 2.24) is 24.6 Å². The summed E-state index contributed by atoms with van der Waals surface area (Å²) in [6, 6.07) is 6.54. The van der Waals surface area contributed by atoms with Crippen molar-refractivity contribution in [3.63, 3.8) is 0 Å². The van der Waals surface area contributed by atoms with E-state index in [0.29, 0.717) is 69.5 Å². The van der Waals surface area contributed by atoms with E-state index in [0.717, 1.165) is 18.4 Å². The average Bonchev–Trinajstić information content (AvgIpc) is 3.54. The van der Waals surface area contributed by atoms with Crippen LogP contribution in [0.25, 0.3) is 43.7 Å². The Bertz CT molecular complexity index is 2130. The van der Waals surface area contributed by atoms with Crippen LogP contribution in [0, 0.1) is 30.9 Å². The Labute approximate surface area is 268 Å². The molecule has 6 nitrogen and oxygen atoms in total. The second-order valence-electron chi connectivity index (χ2n) is 12.7. The van der Waals surface area contributed by atoms with Gasteiger partial charge in [0.15, 0.2) is 5.82 Å². The SMILES string of the molecule is C#Cc1c(F)ccc2cc(C)cc(-c3c(F)c4nc(CC)nc(N5CC6CCC(C5)N6C(=C)CCC(F)(F)F)c4c4cn(C)nc34)c12. The molecule has 3 aromatic carbocycles. The zero-order valence-corrected chi connectivity index (χ0v) is 26.3. The maximum Gasteiger partial charge on any atom is 0.389 e. The third kappa shape index (κ3) is 5.14. The number of anilines is 1. The summed E-state index contributed by atoms with van der Waals surface area (Å²) in [4.78, 5) is 13.8. The Morgan fingerprint density at radius 1 is 1.06 bits per heavy atom. The lowest BCUT2D eigenvalue weighted by Gasteiger charge is -2.44. The molecule has 2 aliphatic heterocycles. The van der Waals surface area contributed by atoms with Crippen molar-refractivity contribution in [1.29, 1.82) is 0 Å². The molecule has 0 amide bonds. The molecular weight excluding hydrogens is 611 g/mol. The number of hydrogen-bond donors (Lipinski definition) is 0. The molecule has 2 bridgehead atoms. The molecule has 2 atom stereocenters. The lowest BCUT2D eigenvalue weighted by molar-refractivity contribution is -0.134. The number of aryl methyl sites for hydroxylation is 3. The molecule has 4 heterocycles. The lowest BCUT2D eigenvalue weighted by atomic mass is 9.90. The van der Waals surface area contributed by atoms with Crippen LogP contribution in [-0.2, 0) is 13.5 Å². The maximum atomic E-state index is 17.3. The number of benzene rings is 3. The first kappa shape index (κ1) is 30.9. The van der Waals surface area contributed by atoms with Crippen LogP contribution in [0.1, 0.15) is 49.6 Å². The Morgan fingerprint density at radius 3 is 2.45 bits per heavy atom. The second kappa shape index (κ2) is 11.2. The molecule has 2 saturated heterocycles. The number of allylic oxidation sites excluding steroid dienone is 1. The summed E-state index contributed by atoms with van der Waals surface area (Å²) in [6.45, 7) is 8.80. The Balaban J connectivity index is 1.42. The molecule has 2 aromatic heterocycles. The van der Waals surface area contributed by atoms with E-state index in [-0.39, 0.29) is 35.1 Å². The van der Waals surface area contributed by atoms with Gasteiger partial charge in [0.1, 0.15) is 28.5 Å². The van der Waals surface area contributed by atoms with Crippen LogP contribution in [0.2, 0.25) is 0 Å². The van der Waals surface area contributed by atoms with Gasteiger partial charge in [-0.3, -0.25) is 4.68 Å². The summed E-state index contributed by atoms with van der Waals surface area (Å²) in [6.07, 6.45) is 4.37. The number of piperazine rings is 1. The molecule has 2 fully saturated rings. The molecule has 47 heavy (non-hydrogen) atoms. The molecule has 11 heteroatoms. The van der Waals surface area contributed by atoms with Gasteiger partial charge in [-0.05, 0) is 48.8 Å². The molecule has 5 aromatic rings. The smallest absolute Gasteiger partial charge is 0.366 e. The van der Waals surface area contributed by atoms with Gasteiger partial charge in [0.25, 0.3) is 0 Å². The van der Waals surface area contributed by atoms with E-state index in [9.17, 15) is 13.2 Å². The summed E-state index contributed by atoms with van der Waals surface area (Å²) in [5, 5.41) is 6.95. The minimum Gasteiger partial charge on any atom is -0.366 e. The number of halogens is 5. The largest absolute Gasteiger partial charge is 0.389 e. The fourth-order valence-corrected chi connectivity index (χ4v) is 7.55. The van der Waals surface area contributed by atoms with Crippen LogP contribution in [-0.4, -0.2) is 56.0 Å². The number of terminal acetylenes is 1. The summed E-state index contributed by atoms with van der Waals surface area (Å²) in [7, 11) is 1.75. The third-order valence-electron chi connectivity index (χ3n) is 9.48. The molecule has 2 aliphatic rings. The highest BCUT2D eigenvalue weighted by Gasteiger charge is 2.42. The second-order valence-corrected chi connectivity index (χ2v) is 12.7. The van der Waals surface area contributed by atoms with Crippen molar-refractivity contribution >= 4 is 38.4 Å². The standard InChI is InChI=1S/C36H33F5N6/c1-6-24-27(37)11-8-21-14-19(3)15-25(29(21)24)30-32(38)34-31(26-18-45(5)44-33(26)30)35(43-28(7-2)42-34)46-16-22-9-10-23(17-46)47(22)20(4)12-13-36(39,40)41/h1,8,11,14-15,18,22-23H,4,7,9-10,12-13,16-17H2,2-3,5H3. The van der Waals surface area contributed by atoms with Crippen molar-refractivity contribution in [2.45, 2.75) is 64.2 Å². The van der Waals surface area contributed by atoms with Crippen molar-refractivity contribution in [2.75, 3.05) is 18.0 Å². The van der Waals surface area contributed by atoms with E-state index in [4.69, 9.17) is 21.5 Å². The summed E-state index contributed by atoms with van der Waals surface area (Å²) in [5.41, 5.74) is 2.49. The summed E-state index contributed by atoms with van der Waals surface area (Å²) >= 11 is 0. The van der Waals surface area contributed by atoms with E-state index >= 15 is 8.78 Å². The van der Waals surface area contributed by atoms with Crippen LogP contribution in [0.3, 0.4) is 0 Å². The molecule has 0 spiro atoms. The zero-order valence-electron chi connectivity index (χ0n) is 26.3. The first-order valence-electron chi connectivity index (χ1n) is 15.7. The molecule has 0 saturated carbocycles. The number of fused-ring (bicyclic) bond motifs is 6. The number of rotatable bonds is 6. The van der Waals surface area contributed by atoms with Gasteiger partial charge in [0.05, 0.1) is 10.9 Å². The van der Waals surface area contributed by atoms with Crippen LogP contribution in [0.5, 0.6) is 0 Å². The Morgan fingerprint density at radius 2 is 1.79 bits per heavy atom. The number of nitrogens with zero attached hydrogens (tertiary/aromatic N) is 6. The van der Waals surface area contributed by atoms with E-state index in [2.05, 4.69) is 22.3 Å². The highest BCUT2D eigenvalue weighted by molar-refractivity contribution is 6.18. The van der Waals surface area contributed by atoms with E-state index in [1.54, 1.807) is 23.9 Å². The number of alkyl halides is 3. The van der Waals surface area contributed by atoms with Crippen molar-refractivity contribution in [2.24, 2.45) is 7.05 Å². The molecule has 0 aliphatic carbocycles. The third-order valence-corrected chi connectivity index (χ3v) is 9.48. The van der Waals surface area contributed by atoms with Gasteiger partial charge in [-0.2, -0.15) is 18.3 Å². The van der Waals surface area contributed by atoms with Crippen molar-refractivity contribution < 1.29 is 22.0 Å². The monoisotopic (exact) mass is 644 g/mol. The first-order valence-corrected chi connectivity index (χ1v) is 15.7. The molecule has 242 valence electrons. The van der Waals surface area contributed by atoms with Crippen LogP contribution in [0.15, 0.2) is 42.7 Å². The number of hydrogen-bond acceptors (Lipinski definition) is 5. The minimum atomic E-state index is -4.25. The van der Waals surface area contributed by atoms with Gasteiger partial charge in [-0.25, -0.2) is 18.7 Å². The molecular formula is C36H33F5N6. The van der Waals surface area contributed by atoms with Gasteiger partial charge in [-0.1, -0.05) is 37.6 Å². The first-order chi connectivity index (χ1) is 22.4. The zero-order chi connectivity index (χ0) is 33.4. The highest BCUT2D eigenvalue weighted by Crippen LogP contribution is 2.45. The molecule has 7 rings (SSSR count). The van der Waals surface area contributed by atoms with E-state index in [1.165, 1.54) is 6.07 Å². The normalized spacial score (nSPS) is 18.1. The predicted octanol–water partition coefficient (Wildman–Crippen LogP) is 7.98. The lowest BCUT2D eigenvalue weighted by Crippen LogP contribution is -2.53. The minimum absolute atomic E-state index is 0.0452. The van der Waals surface area contributed by atoms with E-state index in [1.807, 2.05) is 26.1 Å². The van der Waals surface area contributed by atoms with Crippen molar-refractivity contribution in [3.8, 4) is 23.5 Å². The van der Waals surface area contributed by atoms with Crippen LogP contribution >= 0.6 is 0 Å². The van der Waals surface area contributed by atoms with Gasteiger partial charge >= 0.3 is 6.18 Å². The van der Waals surface area contributed by atoms with Gasteiger partial charge in [0.2, 0.25) is 0 Å². The highest BCUT2D eigenvalue weighted by atomic mass is 19.4. The maximum absolute atomic E-state index is 17.3. The van der Waals surface area contributed by atoms with Crippen molar-refractivity contribution in [3.05, 3.63) is 71.3 Å². The number of aromatic nitrogens is 4. The van der Waals surface area contributed by atoms with Gasteiger partial charge in [0, 0.05) is 73.3 Å². The Hall–Kier alpha value is -4.72. The predicted molar refractivity (Wildman–Crippen MR) is 174 cm³/mol. The molecule has 0 radical (unpaired) electrons. The summed E-state index contributed by atoms with van der Waals surface area (Å²) in [5.74, 6) is 2.31. The molecule has 2 unspecified atom stereocenters.